The maximum absolute atomic E-state index is 14.2. The van der Waals surface area contributed by atoms with E-state index in [9.17, 15) is 33.0 Å². The molecule has 2 aromatic rings. The van der Waals surface area contributed by atoms with Gasteiger partial charge in [0.25, 0.3) is 5.91 Å². The number of anilines is 1. The van der Waals surface area contributed by atoms with Crippen molar-refractivity contribution in [1.29, 1.82) is 0 Å². The number of halogens is 5. The lowest BCUT2D eigenvalue weighted by Crippen LogP contribution is -2.50. The molecule has 1 amide bonds. The lowest BCUT2D eigenvalue weighted by Gasteiger charge is -2.43. The van der Waals surface area contributed by atoms with Crippen LogP contribution in [-0.4, -0.2) is 52.7 Å². The van der Waals surface area contributed by atoms with E-state index in [1.54, 1.807) is 0 Å². The molecule has 4 rings (SSSR count). The van der Waals surface area contributed by atoms with Crippen molar-refractivity contribution in [3.8, 4) is 0 Å². The summed E-state index contributed by atoms with van der Waals surface area (Å²) in [6.45, 7) is 5.83. The van der Waals surface area contributed by atoms with E-state index < -0.39 is 40.3 Å². The number of aliphatic hydroxyl groups is 1. The molecule has 2 aliphatic rings. The van der Waals surface area contributed by atoms with Gasteiger partial charge in [-0.15, -0.1) is 0 Å². The number of hydrogen-bond acceptors (Lipinski definition) is 4. The summed E-state index contributed by atoms with van der Waals surface area (Å²) in [6, 6.07) is 5.49. The van der Waals surface area contributed by atoms with Crippen LogP contribution in [0, 0.1) is 5.92 Å². The summed E-state index contributed by atoms with van der Waals surface area (Å²) in [5.74, 6) is -2.62. The highest BCUT2D eigenvalue weighted by Gasteiger charge is 2.57. The number of aromatic carboxylic acids is 1. The fraction of sp³-hybridized carbons (Fsp3) is 0.440. The van der Waals surface area contributed by atoms with Gasteiger partial charge in [0.15, 0.2) is 5.60 Å². The van der Waals surface area contributed by atoms with E-state index in [4.69, 9.17) is 23.2 Å². The SMILES string of the molecule is CCN(CC)[C@H]1C[C@H](CN2C(=O)C(O)(c3ccc(Cl)cc3Cl)c3c2cc(C(=O)O)cc3C(F)(F)F)C1. The summed E-state index contributed by atoms with van der Waals surface area (Å²) in [5, 5.41) is 21.2. The van der Waals surface area contributed by atoms with Crippen LogP contribution in [0.5, 0.6) is 0 Å². The Labute approximate surface area is 216 Å². The maximum Gasteiger partial charge on any atom is 0.416 e. The van der Waals surface area contributed by atoms with E-state index in [0.29, 0.717) is 12.1 Å². The Bertz CT molecular complexity index is 1210. The quantitative estimate of drug-likeness (QED) is 0.486. The number of fused-ring (bicyclic) bond motifs is 1. The summed E-state index contributed by atoms with van der Waals surface area (Å²) >= 11 is 12.2. The highest BCUT2D eigenvalue weighted by atomic mass is 35.5. The van der Waals surface area contributed by atoms with E-state index in [2.05, 4.69) is 4.90 Å². The number of nitrogens with zero attached hydrogens (tertiary/aromatic N) is 2. The van der Waals surface area contributed by atoms with E-state index in [1.165, 1.54) is 18.2 Å². The molecule has 2 aromatic carbocycles. The third-order valence-corrected chi connectivity index (χ3v) is 7.73. The Kier molecular flexibility index (Phi) is 7.07. The Morgan fingerprint density at radius 3 is 2.33 bits per heavy atom. The minimum Gasteiger partial charge on any atom is -0.478 e. The fourth-order valence-corrected chi connectivity index (χ4v) is 5.88. The number of carbonyl (C=O) groups is 2. The van der Waals surface area contributed by atoms with Gasteiger partial charge in [0.2, 0.25) is 0 Å². The number of carbonyl (C=O) groups excluding carboxylic acids is 1. The summed E-state index contributed by atoms with van der Waals surface area (Å²) in [7, 11) is 0. The van der Waals surface area contributed by atoms with E-state index in [-0.39, 0.29) is 33.8 Å². The summed E-state index contributed by atoms with van der Waals surface area (Å²) in [6.07, 6.45) is -3.60. The van der Waals surface area contributed by atoms with Crippen molar-refractivity contribution in [3.63, 3.8) is 0 Å². The normalized spacial score (nSPS) is 23.7. The lowest BCUT2D eigenvalue weighted by atomic mass is 9.78. The van der Waals surface area contributed by atoms with Gasteiger partial charge in [-0.2, -0.15) is 13.2 Å². The standard InChI is InChI=1S/C25H25Cl2F3N2O4/c1-3-31(4-2)16-7-13(8-16)12-32-20-10-14(22(33)34)9-18(25(28,29)30)21(20)24(36,23(32)35)17-6-5-15(26)11-19(17)27/h5-6,9-11,13,16,36H,3-4,7-8,12H2,1-2H3,(H,33,34)/t13-,16-,24?. The molecule has 1 fully saturated rings. The van der Waals surface area contributed by atoms with Gasteiger partial charge in [-0.05, 0) is 56.1 Å². The van der Waals surface area contributed by atoms with Gasteiger partial charge in [-0.1, -0.05) is 43.1 Å². The highest BCUT2D eigenvalue weighted by molar-refractivity contribution is 6.35. The average Bonchev–Trinajstić information content (AvgIpc) is 2.98. The maximum atomic E-state index is 14.2. The largest absolute Gasteiger partial charge is 0.478 e. The van der Waals surface area contributed by atoms with Crippen LogP contribution in [0.25, 0.3) is 0 Å². The van der Waals surface area contributed by atoms with Crippen molar-refractivity contribution >= 4 is 40.8 Å². The molecular formula is C25H25Cl2F3N2O4. The molecular weight excluding hydrogens is 520 g/mol. The van der Waals surface area contributed by atoms with Crippen molar-refractivity contribution < 1.29 is 33.0 Å². The molecule has 1 heterocycles. The molecule has 11 heteroatoms. The molecule has 1 unspecified atom stereocenters. The van der Waals surface area contributed by atoms with Crippen molar-refractivity contribution in [3.05, 3.63) is 62.6 Å². The molecule has 1 saturated carbocycles. The molecule has 1 aliphatic carbocycles. The van der Waals surface area contributed by atoms with Gasteiger partial charge in [0.05, 0.1) is 16.8 Å². The van der Waals surface area contributed by atoms with Gasteiger partial charge in [0, 0.05) is 33.8 Å². The van der Waals surface area contributed by atoms with E-state index >= 15 is 0 Å². The van der Waals surface area contributed by atoms with Crippen LogP contribution in [0.4, 0.5) is 18.9 Å². The Balaban J connectivity index is 1.86. The number of rotatable bonds is 7. The van der Waals surface area contributed by atoms with Crippen molar-refractivity contribution in [1.82, 2.24) is 4.90 Å². The van der Waals surface area contributed by atoms with Crippen LogP contribution < -0.4 is 4.90 Å². The number of benzene rings is 2. The van der Waals surface area contributed by atoms with Gasteiger partial charge in [0.1, 0.15) is 0 Å². The molecule has 36 heavy (non-hydrogen) atoms. The Morgan fingerprint density at radius 2 is 1.81 bits per heavy atom. The summed E-state index contributed by atoms with van der Waals surface area (Å²) in [4.78, 5) is 28.8. The zero-order valence-electron chi connectivity index (χ0n) is 19.6. The van der Waals surface area contributed by atoms with Crippen LogP contribution in [0.3, 0.4) is 0 Å². The molecule has 0 spiro atoms. The molecule has 2 N–H and O–H groups in total. The molecule has 0 radical (unpaired) electrons. The zero-order chi connectivity index (χ0) is 26.6. The Hall–Kier alpha value is -2.33. The van der Waals surface area contributed by atoms with Gasteiger partial charge in [-0.3, -0.25) is 4.79 Å². The summed E-state index contributed by atoms with van der Waals surface area (Å²) in [5.41, 5.74) is -6.09. The predicted octanol–water partition coefficient (Wildman–Crippen LogP) is 5.41. The molecule has 6 nitrogen and oxygen atoms in total. The number of hydrogen-bond donors (Lipinski definition) is 2. The fourth-order valence-electron chi connectivity index (χ4n) is 5.34. The number of amides is 1. The van der Waals surface area contributed by atoms with Crippen LogP contribution in [0.1, 0.15) is 53.7 Å². The second-order valence-corrected chi connectivity index (χ2v) is 10.0. The first-order valence-corrected chi connectivity index (χ1v) is 12.3. The lowest BCUT2D eigenvalue weighted by molar-refractivity contribution is -0.142. The molecule has 1 aliphatic heterocycles. The molecule has 194 valence electrons. The first-order valence-electron chi connectivity index (χ1n) is 11.6. The minimum atomic E-state index is -5.05. The number of alkyl halides is 3. The minimum absolute atomic E-state index is 0.0294. The first-order chi connectivity index (χ1) is 16.8. The summed E-state index contributed by atoms with van der Waals surface area (Å²) < 4.78 is 42.7. The van der Waals surface area contributed by atoms with E-state index in [0.717, 1.165) is 36.9 Å². The molecule has 1 atom stereocenters. The van der Waals surface area contributed by atoms with Gasteiger partial charge < -0.3 is 20.0 Å². The van der Waals surface area contributed by atoms with Crippen LogP contribution in [0.15, 0.2) is 30.3 Å². The second-order valence-electron chi connectivity index (χ2n) is 9.18. The number of carboxylic acids is 1. The molecule has 0 saturated heterocycles. The van der Waals surface area contributed by atoms with Gasteiger partial charge in [-0.25, -0.2) is 4.79 Å². The predicted molar refractivity (Wildman–Crippen MR) is 130 cm³/mol. The topological polar surface area (TPSA) is 81.1 Å². The first kappa shape index (κ1) is 26.7. The average molecular weight is 545 g/mol. The van der Waals surface area contributed by atoms with E-state index in [1.807, 2.05) is 13.8 Å². The van der Waals surface area contributed by atoms with Crippen molar-refractivity contribution in [2.75, 3.05) is 24.5 Å². The van der Waals surface area contributed by atoms with Crippen molar-refractivity contribution in [2.45, 2.75) is 44.5 Å². The Morgan fingerprint density at radius 1 is 1.17 bits per heavy atom. The van der Waals surface area contributed by atoms with Crippen LogP contribution in [0.2, 0.25) is 10.0 Å². The van der Waals surface area contributed by atoms with Crippen LogP contribution >= 0.6 is 23.2 Å². The molecule has 0 aromatic heterocycles. The molecule has 0 bridgehead atoms. The third-order valence-electron chi connectivity index (χ3n) is 7.18. The zero-order valence-corrected chi connectivity index (χ0v) is 21.1. The third kappa shape index (κ3) is 4.36. The van der Waals surface area contributed by atoms with Gasteiger partial charge >= 0.3 is 12.1 Å². The smallest absolute Gasteiger partial charge is 0.416 e. The van der Waals surface area contributed by atoms with Crippen LogP contribution in [-0.2, 0) is 16.6 Å². The monoisotopic (exact) mass is 544 g/mol. The highest BCUT2D eigenvalue weighted by Crippen LogP contribution is 2.52. The number of carboxylic acid groups (broad SMARTS) is 1. The second kappa shape index (κ2) is 9.52. The van der Waals surface area contributed by atoms with Crippen molar-refractivity contribution in [2.24, 2.45) is 5.92 Å².